The van der Waals surface area contributed by atoms with Crippen molar-refractivity contribution in [2.45, 2.75) is 57.7 Å². The highest BCUT2D eigenvalue weighted by atomic mass is 19.4. The van der Waals surface area contributed by atoms with E-state index >= 15 is 0 Å². The van der Waals surface area contributed by atoms with Crippen LogP contribution in [0.25, 0.3) is 0 Å². The van der Waals surface area contributed by atoms with Crippen molar-refractivity contribution in [3.63, 3.8) is 0 Å². The second kappa shape index (κ2) is 9.81. The van der Waals surface area contributed by atoms with E-state index < -0.39 is 24.5 Å². The molecule has 0 aromatic heterocycles. The maximum Gasteiger partial charge on any atom is 0.405 e. The van der Waals surface area contributed by atoms with Gasteiger partial charge >= 0.3 is 6.18 Å². The van der Waals surface area contributed by atoms with Crippen molar-refractivity contribution in [3.05, 3.63) is 34.9 Å². The van der Waals surface area contributed by atoms with Gasteiger partial charge in [0.05, 0.1) is 12.6 Å². The summed E-state index contributed by atoms with van der Waals surface area (Å²) in [5.74, 6) is -1.07. The number of alkyl halides is 3. The summed E-state index contributed by atoms with van der Waals surface area (Å²) in [4.78, 5) is 26.3. The Morgan fingerprint density at radius 1 is 1.13 bits per heavy atom. The summed E-state index contributed by atoms with van der Waals surface area (Å²) in [6, 6.07) is 6.36. The van der Waals surface area contributed by atoms with Gasteiger partial charge in [0, 0.05) is 5.92 Å². The first-order valence-electron chi connectivity index (χ1n) is 10.7. The summed E-state index contributed by atoms with van der Waals surface area (Å²) >= 11 is 0. The maximum atomic E-state index is 12.5. The summed E-state index contributed by atoms with van der Waals surface area (Å²) in [5, 5.41) is 4.99. The van der Waals surface area contributed by atoms with Crippen LogP contribution >= 0.6 is 0 Å². The number of hydrogen-bond donors (Lipinski definition) is 2. The van der Waals surface area contributed by atoms with Gasteiger partial charge in [0.15, 0.2) is 0 Å². The van der Waals surface area contributed by atoms with E-state index in [9.17, 15) is 22.8 Å². The first kappa shape index (κ1) is 22.6. The number of hydrogen-bond acceptors (Lipinski definition) is 3. The Morgan fingerprint density at radius 3 is 2.47 bits per heavy atom. The molecule has 0 bridgehead atoms. The summed E-state index contributed by atoms with van der Waals surface area (Å²) in [7, 11) is 0. The molecule has 2 amide bonds. The van der Waals surface area contributed by atoms with Crippen LogP contribution < -0.4 is 10.6 Å². The summed E-state index contributed by atoms with van der Waals surface area (Å²) < 4.78 is 36.7. The molecule has 1 aliphatic heterocycles. The van der Waals surface area contributed by atoms with Gasteiger partial charge in [-0.25, -0.2) is 0 Å². The van der Waals surface area contributed by atoms with Gasteiger partial charge in [0.1, 0.15) is 6.54 Å². The molecule has 1 fully saturated rings. The summed E-state index contributed by atoms with van der Waals surface area (Å²) in [5.41, 5.74) is 3.89. The number of amides is 2. The highest BCUT2D eigenvalue weighted by Crippen LogP contribution is 2.25. The fourth-order valence-electron chi connectivity index (χ4n) is 4.28. The number of piperidine rings is 1. The zero-order valence-corrected chi connectivity index (χ0v) is 17.4. The normalized spacial score (nSPS) is 19.1. The third-order valence-electron chi connectivity index (χ3n) is 6.04. The zero-order chi connectivity index (χ0) is 21.7. The van der Waals surface area contributed by atoms with Gasteiger partial charge in [-0.15, -0.1) is 0 Å². The lowest BCUT2D eigenvalue weighted by atomic mass is 9.89. The molecule has 166 valence electrons. The number of nitrogens with zero attached hydrogens (tertiary/aromatic N) is 1. The number of benzene rings is 1. The average Bonchev–Trinajstić information content (AvgIpc) is 2.71. The summed E-state index contributed by atoms with van der Waals surface area (Å²) in [6.07, 6.45) is 1.18. The lowest BCUT2D eigenvalue weighted by molar-refractivity contribution is -0.141. The van der Waals surface area contributed by atoms with Crippen LogP contribution in [0.2, 0.25) is 0 Å². The third-order valence-corrected chi connectivity index (χ3v) is 6.04. The molecular formula is C22H30F3N3O2. The van der Waals surface area contributed by atoms with Gasteiger partial charge in [-0.2, -0.15) is 13.2 Å². The number of carbonyl (C=O) groups is 2. The average molecular weight is 425 g/mol. The van der Waals surface area contributed by atoms with E-state index in [1.807, 2.05) is 17.1 Å². The molecule has 1 heterocycles. The van der Waals surface area contributed by atoms with Crippen molar-refractivity contribution in [1.82, 2.24) is 15.5 Å². The predicted octanol–water partition coefficient (Wildman–Crippen LogP) is 3.13. The lowest BCUT2D eigenvalue weighted by Gasteiger charge is -2.31. The first-order chi connectivity index (χ1) is 14.2. The van der Waals surface area contributed by atoms with Crippen molar-refractivity contribution in [2.24, 2.45) is 5.92 Å². The van der Waals surface area contributed by atoms with E-state index in [1.54, 1.807) is 0 Å². The van der Waals surface area contributed by atoms with Crippen LogP contribution in [0.5, 0.6) is 0 Å². The predicted molar refractivity (Wildman–Crippen MR) is 108 cm³/mol. The number of nitrogens with one attached hydrogen (secondary N) is 2. The maximum absolute atomic E-state index is 12.5. The number of aryl methyl sites for hydroxylation is 2. The SMILES string of the molecule is C[C@H](NC(=O)CN1CCC(C(=O)NCC(F)(F)F)CC1)c1ccc2c(c1)CCCC2. The molecule has 2 aliphatic rings. The minimum atomic E-state index is -4.40. The van der Waals surface area contributed by atoms with Crippen molar-refractivity contribution in [1.29, 1.82) is 0 Å². The van der Waals surface area contributed by atoms with Crippen molar-refractivity contribution >= 4 is 11.8 Å². The monoisotopic (exact) mass is 425 g/mol. The second-order valence-electron chi connectivity index (χ2n) is 8.41. The van der Waals surface area contributed by atoms with Crippen molar-refractivity contribution in [3.8, 4) is 0 Å². The molecule has 1 aromatic rings. The van der Waals surface area contributed by atoms with E-state index in [0.29, 0.717) is 25.9 Å². The van der Waals surface area contributed by atoms with Gasteiger partial charge < -0.3 is 10.6 Å². The molecule has 0 unspecified atom stereocenters. The van der Waals surface area contributed by atoms with E-state index in [2.05, 4.69) is 23.5 Å². The Labute approximate surface area is 175 Å². The number of carbonyl (C=O) groups excluding carboxylic acids is 2. The topological polar surface area (TPSA) is 61.4 Å². The standard InChI is InChI=1S/C22H30F3N3O2/c1-15(18-7-6-16-4-2-3-5-19(16)12-18)27-20(29)13-28-10-8-17(9-11-28)21(30)26-14-22(23,24)25/h6-7,12,15,17H,2-5,8-11,13-14H2,1H3,(H,26,30)(H,27,29)/t15-/m0/s1. The van der Waals surface area contributed by atoms with Gasteiger partial charge in [0.2, 0.25) is 11.8 Å². The Balaban J connectivity index is 1.42. The Kier molecular flexibility index (Phi) is 7.39. The van der Waals surface area contributed by atoms with Crippen LogP contribution in [0.3, 0.4) is 0 Å². The van der Waals surface area contributed by atoms with Gasteiger partial charge in [-0.3, -0.25) is 14.5 Å². The fourth-order valence-corrected chi connectivity index (χ4v) is 4.28. The Bertz CT molecular complexity index is 758. The van der Waals surface area contributed by atoms with Crippen LogP contribution in [0.15, 0.2) is 18.2 Å². The van der Waals surface area contributed by atoms with E-state index in [-0.39, 0.29) is 18.5 Å². The Morgan fingerprint density at radius 2 is 1.80 bits per heavy atom. The molecule has 1 aromatic carbocycles. The number of fused-ring (bicyclic) bond motifs is 1. The van der Waals surface area contributed by atoms with Gasteiger partial charge in [0.25, 0.3) is 0 Å². The first-order valence-corrected chi connectivity index (χ1v) is 10.7. The van der Waals surface area contributed by atoms with Crippen LogP contribution in [0.1, 0.15) is 55.3 Å². The minimum Gasteiger partial charge on any atom is -0.348 e. The van der Waals surface area contributed by atoms with Gasteiger partial charge in [-0.05, 0) is 75.2 Å². The molecule has 2 N–H and O–H groups in total. The second-order valence-corrected chi connectivity index (χ2v) is 8.41. The molecule has 1 atom stereocenters. The van der Waals surface area contributed by atoms with E-state index in [0.717, 1.165) is 18.4 Å². The number of likely N-dealkylation sites (tertiary alicyclic amines) is 1. The van der Waals surface area contributed by atoms with E-state index in [4.69, 9.17) is 0 Å². The summed E-state index contributed by atoms with van der Waals surface area (Å²) in [6.45, 7) is 1.94. The number of rotatable bonds is 6. The molecule has 0 saturated carbocycles. The van der Waals surface area contributed by atoms with Crippen molar-refractivity contribution in [2.75, 3.05) is 26.2 Å². The number of halogens is 3. The molecule has 3 rings (SSSR count). The Hall–Kier alpha value is -2.09. The lowest BCUT2D eigenvalue weighted by Crippen LogP contribution is -2.45. The molecule has 1 aliphatic carbocycles. The van der Waals surface area contributed by atoms with Crippen LogP contribution in [-0.4, -0.2) is 49.1 Å². The smallest absolute Gasteiger partial charge is 0.348 e. The molecule has 0 radical (unpaired) electrons. The quantitative estimate of drug-likeness (QED) is 0.736. The molecule has 30 heavy (non-hydrogen) atoms. The molecule has 0 spiro atoms. The van der Waals surface area contributed by atoms with Crippen LogP contribution in [0, 0.1) is 5.92 Å². The highest BCUT2D eigenvalue weighted by molar-refractivity contribution is 5.79. The van der Waals surface area contributed by atoms with Gasteiger partial charge in [-0.1, -0.05) is 18.2 Å². The molecule has 5 nitrogen and oxygen atoms in total. The van der Waals surface area contributed by atoms with E-state index in [1.165, 1.54) is 24.0 Å². The minimum absolute atomic E-state index is 0.0832. The van der Waals surface area contributed by atoms with Crippen LogP contribution in [-0.2, 0) is 22.4 Å². The molecule has 1 saturated heterocycles. The highest BCUT2D eigenvalue weighted by Gasteiger charge is 2.31. The largest absolute Gasteiger partial charge is 0.405 e. The van der Waals surface area contributed by atoms with Crippen molar-refractivity contribution < 1.29 is 22.8 Å². The fraction of sp³-hybridized carbons (Fsp3) is 0.636. The molecular weight excluding hydrogens is 395 g/mol. The zero-order valence-electron chi connectivity index (χ0n) is 17.4. The molecule has 8 heteroatoms. The van der Waals surface area contributed by atoms with Crippen LogP contribution in [0.4, 0.5) is 13.2 Å². The third kappa shape index (κ3) is 6.45.